The summed E-state index contributed by atoms with van der Waals surface area (Å²) >= 11 is 1.65. The molecule has 1 aliphatic rings. The van der Waals surface area contributed by atoms with Crippen molar-refractivity contribution in [2.75, 3.05) is 26.2 Å². The summed E-state index contributed by atoms with van der Waals surface area (Å²) in [6.07, 6.45) is 6.17. The molecule has 6 heteroatoms. The number of fused-ring (bicyclic) bond motifs is 1. The van der Waals surface area contributed by atoms with Crippen molar-refractivity contribution >= 4 is 16.3 Å². The molecular formula is C14H22N4OS. The van der Waals surface area contributed by atoms with Crippen LogP contribution in [0.1, 0.15) is 19.0 Å². The highest BCUT2D eigenvalue weighted by molar-refractivity contribution is 7.15. The molecule has 0 amide bonds. The first-order chi connectivity index (χ1) is 9.76. The van der Waals surface area contributed by atoms with Crippen molar-refractivity contribution in [3.8, 4) is 0 Å². The zero-order chi connectivity index (χ0) is 13.9. The number of rotatable bonds is 5. The third-order valence-electron chi connectivity index (χ3n) is 3.78. The number of morpholine rings is 1. The van der Waals surface area contributed by atoms with Crippen molar-refractivity contribution in [1.29, 1.82) is 0 Å². The summed E-state index contributed by atoms with van der Waals surface area (Å²) in [5.74, 6) is 0. The lowest BCUT2D eigenvalue weighted by atomic mass is 10.0. The van der Waals surface area contributed by atoms with E-state index in [-0.39, 0.29) is 12.1 Å². The van der Waals surface area contributed by atoms with Gasteiger partial charge in [-0.05, 0) is 13.0 Å². The molecule has 3 heterocycles. The van der Waals surface area contributed by atoms with Gasteiger partial charge in [-0.1, -0.05) is 6.92 Å². The fourth-order valence-electron chi connectivity index (χ4n) is 2.76. The van der Waals surface area contributed by atoms with Gasteiger partial charge >= 0.3 is 0 Å². The number of imidazole rings is 1. The van der Waals surface area contributed by atoms with Crippen molar-refractivity contribution in [2.24, 2.45) is 5.73 Å². The van der Waals surface area contributed by atoms with Gasteiger partial charge in [-0.2, -0.15) is 0 Å². The number of nitrogens with two attached hydrogens (primary N) is 1. The van der Waals surface area contributed by atoms with Gasteiger partial charge in [0.05, 0.1) is 18.4 Å². The number of hydrogen-bond donors (Lipinski definition) is 1. The lowest BCUT2D eigenvalue weighted by molar-refractivity contribution is -0.0401. The standard InChI is InChI=1S/C14H22N4OS/c1-2-3-17-4-6-19-13(10-17)12(15)8-11-9-18-5-7-20-14(18)16-11/h5,7,9,12-13H,2-4,6,8,10,15H2,1H3. The molecule has 5 nitrogen and oxygen atoms in total. The normalized spacial score (nSPS) is 22.4. The lowest BCUT2D eigenvalue weighted by Crippen LogP contribution is -2.51. The Bertz CT molecular complexity index is 522. The van der Waals surface area contributed by atoms with Crippen LogP contribution in [0.15, 0.2) is 17.8 Å². The van der Waals surface area contributed by atoms with Gasteiger partial charge in [-0.15, -0.1) is 11.3 Å². The van der Waals surface area contributed by atoms with E-state index in [1.807, 2.05) is 11.6 Å². The molecule has 0 aromatic carbocycles. The Morgan fingerprint density at radius 2 is 2.50 bits per heavy atom. The second-order valence-electron chi connectivity index (χ2n) is 5.40. The minimum atomic E-state index is 0.0132. The van der Waals surface area contributed by atoms with Gasteiger partial charge in [0.15, 0.2) is 4.96 Å². The van der Waals surface area contributed by atoms with Crippen LogP contribution in [-0.2, 0) is 11.2 Å². The van der Waals surface area contributed by atoms with Crippen LogP contribution in [0.5, 0.6) is 0 Å². The SMILES string of the molecule is CCCN1CCOC(C(N)Cc2cn3ccsc3n2)C1. The second-order valence-corrected chi connectivity index (χ2v) is 6.28. The van der Waals surface area contributed by atoms with Crippen LogP contribution in [-0.4, -0.2) is 52.7 Å². The zero-order valence-corrected chi connectivity index (χ0v) is 12.7. The molecule has 1 fully saturated rings. The molecule has 0 radical (unpaired) electrons. The number of ether oxygens (including phenoxy) is 1. The third-order valence-corrected chi connectivity index (χ3v) is 4.55. The van der Waals surface area contributed by atoms with Crippen LogP contribution in [0, 0.1) is 0 Å². The highest BCUT2D eigenvalue weighted by atomic mass is 32.1. The Hall–Kier alpha value is -0.950. The zero-order valence-electron chi connectivity index (χ0n) is 11.9. The predicted octanol–water partition coefficient (Wildman–Crippen LogP) is 1.38. The van der Waals surface area contributed by atoms with Gasteiger partial charge < -0.3 is 10.5 Å². The van der Waals surface area contributed by atoms with E-state index in [0.29, 0.717) is 0 Å². The Kier molecular flexibility index (Phi) is 4.35. The lowest BCUT2D eigenvalue weighted by Gasteiger charge is -2.35. The average molecular weight is 294 g/mol. The van der Waals surface area contributed by atoms with Crippen LogP contribution >= 0.6 is 11.3 Å². The van der Waals surface area contributed by atoms with E-state index in [1.165, 1.54) is 6.42 Å². The second kappa shape index (κ2) is 6.22. The van der Waals surface area contributed by atoms with Crippen LogP contribution in [0.4, 0.5) is 0 Å². The Labute approximate surface area is 123 Å². The molecule has 110 valence electrons. The number of thiazole rings is 1. The number of hydrogen-bond acceptors (Lipinski definition) is 5. The smallest absolute Gasteiger partial charge is 0.193 e. The average Bonchev–Trinajstić information content (AvgIpc) is 3.00. The molecule has 2 aromatic rings. The molecular weight excluding hydrogens is 272 g/mol. The highest BCUT2D eigenvalue weighted by Gasteiger charge is 2.26. The first-order valence-electron chi connectivity index (χ1n) is 7.27. The largest absolute Gasteiger partial charge is 0.374 e. The Balaban J connectivity index is 1.60. The molecule has 2 N–H and O–H groups in total. The molecule has 2 unspecified atom stereocenters. The molecule has 2 atom stereocenters. The van der Waals surface area contributed by atoms with E-state index in [4.69, 9.17) is 10.5 Å². The fourth-order valence-corrected chi connectivity index (χ4v) is 3.48. The van der Waals surface area contributed by atoms with Gasteiger partial charge in [0.25, 0.3) is 0 Å². The number of aromatic nitrogens is 2. The van der Waals surface area contributed by atoms with Crippen LogP contribution in [0.3, 0.4) is 0 Å². The summed E-state index contributed by atoms with van der Waals surface area (Å²) in [6, 6.07) is 0.0132. The van der Waals surface area contributed by atoms with Crippen molar-refractivity contribution in [3.05, 3.63) is 23.5 Å². The topological polar surface area (TPSA) is 55.8 Å². The van der Waals surface area contributed by atoms with E-state index in [2.05, 4.69) is 27.4 Å². The first-order valence-corrected chi connectivity index (χ1v) is 8.15. The summed E-state index contributed by atoms with van der Waals surface area (Å²) < 4.78 is 7.90. The summed E-state index contributed by atoms with van der Waals surface area (Å²) in [6.45, 7) is 6.10. The van der Waals surface area contributed by atoms with Crippen LogP contribution < -0.4 is 5.73 Å². The van der Waals surface area contributed by atoms with Crippen molar-refractivity contribution in [2.45, 2.75) is 31.9 Å². The maximum atomic E-state index is 6.33. The van der Waals surface area contributed by atoms with Crippen molar-refractivity contribution in [3.63, 3.8) is 0 Å². The summed E-state index contributed by atoms with van der Waals surface area (Å²) in [7, 11) is 0. The van der Waals surface area contributed by atoms with Gasteiger partial charge in [-0.3, -0.25) is 9.30 Å². The summed E-state index contributed by atoms with van der Waals surface area (Å²) in [5, 5.41) is 2.04. The monoisotopic (exact) mass is 294 g/mol. The fraction of sp³-hybridized carbons (Fsp3) is 0.643. The van der Waals surface area contributed by atoms with E-state index in [1.54, 1.807) is 11.3 Å². The summed E-state index contributed by atoms with van der Waals surface area (Å²) in [4.78, 5) is 8.07. The quantitative estimate of drug-likeness (QED) is 0.905. The molecule has 0 saturated carbocycles. The van der Waals surface area contributed by atoms with E-state index in [0.717, 1.165) is 43.3 Å². The molecule has 1 aliphatic heterocycles. The highest BCUT2D eigenvalue weighted by Crippen LogP contribution is 2.15. The minimum Gasteiger partial charge on any atom is -0.374 e. The maximum absolute atomic E-state index is 6.33. The van der Waals surface area contributed by atoms with E-state index >= 15 is 0 Å². The molecule has 0 spiro atoms. The van der Waals surface area contributed by atoms with Crippen molar-refractivity contribution < 1.29 is 4.74 Å². The van der Waals surface area contributed by atoms with Gasteiger partial charge in [0.1, 0.15) is 0 Å². The van der Waals surface area contributed by atoms with Gasteiger partial charge in [-0.25, -0.2) is 4.98 Å². The Morgan fingerprint density at radius 3 is 3.30 bits per heavy atom. The Morgan fingerprint density at radius 1 is 1.60 bits per heavy atom. The van der Waals surface area contributed by atoms with Gasteiger partial charge in [0.2, 0.25) is 0 Å². The van der Waals surface area contributed by atoms with Crippen molar-refractivity contribution in [1.82, 2.24) is 14.3 Å². The third kappa shape index (κ3) is 3.03. The molecule has 20 heavy (non-hydrogen) atoms. The van der Waals surface area contributed by atoms with Crippen LogP contribution in [0.25, 0.3) is 4.96 Å². The molecule has 3 rings (SSSR count). The minimum absolute atomic E-state index is 0.0132. The van der Waals surface area contributed by atoms with Crippen LogP contribution in [0.2, 0.25) is 0 Å². The molecule has 2 aromatic heterocycles. The maximum Gasteiger partial charge on any atom is 0.193 e. The molecule has 1 saturated heterocycles. The summed E-state index contributed by atoms with van der Waals surface area (Å²) in [5.41, 5.74) is 7.39. The molecule has 0 aliphatic carbocycles. The number of nitrogens with zero attached hydrogens (tertiary/aromatic N) is 3. The van der Waals surface area contributed by atoms with E-state index in [9.17, 15) is 0 Å². The predicted molar refractivity (Wildman–Crippen MR) is 81.2 cm³/mol. The van der Waals surface area contributed by atoms with Gasteiger partial charge in [0, 0.05) is 43.3 Å². The molecule has 0 bridgehead atoms. The first kappa shape index (κ1) is 14.0. The van der Waals surface area contributed by atoms with E-state index < -0.39 is 0 Å².